The van der Waals surface area contributed by atoms with Crippen molar-refractivity contribution in [3.05, 3.63) is 19.1 Å². The summed E-state index contributed by atoms with van der Waals surface area (Å²) < 4.78 is 11.2. The highest BCUT2D eigenvalue weighted by molar-refractivity contribution is 6.15. The van der Waals surface area contributed by atoms with Crippen LogP contribution in [0.25, 0.3) is 0 Å². The molecule has 0 N–H and O–H groups in total. The molecule has 16 heavy (non-hydrogen) atoms. The van der Waals surface area contributed by atoms with Crippen LogP contribution in [0, 0.1) is 6.92 Å². The van der Waals surface area contributed by atoms with E-state index in [2.05, 4.69) is 13.5 Å². The zero-order valence-corrected chi connectivity index (χ0v) is 12.3. The molecule has 3 nitrogen and oxygen atoms in total. The fourth-order valence-corrected chi connectivity index (χ4v) is 2.89. The summed E-state index contributed by atoms with van der Waals surface area (Å²) in [7, 11) is 0.855. The van der Waals surface area contributed by atoms with Crippen molar-refractivity contribution < 1.29 is 14.3 Å². The molecule has 91 valence electrons. The number of hydrogen-bond donors (Lipinski definition) is 0. The SMILES string of the molecule is [CH2]CC(OC(=O)C(=C)C)C1([SiH3])CCCCO1. The van der Waals surface area contributed by atoms with Gasteiger partial charge in [0.25, 0.3) is 0 Å². The summed E-state index contributed by atoms with van der Waals surface area (Å²) in [5.41, 5.74) is 0.430. The summed E-state index contributed by atoms with van der Waals surface area (Å²) in [5.74, 6) is -0.335. The molecule has 4 heteroatoms. The number of carbonyl (C=O) groups is 1. The molecule has 1 fully saturated rings. The zero-order valence-electron chi connectivity index (χ0n) is 10.3. The maximum Gasteiger partial charge on any atom is 0.333 e. The number of carbonyl (C=O) groups excluding carboxylic acids is 1. The molecule has 2 atom stereocenters. The van der Waals surface area contributed by atoms with Crippen LogP contribution in [-0.4, -0.2) is 34.1 Å². The van der Waals surface area contributed by atoms with E-state index < -0.39 is 0 Å². The van der Waals surface area contributed by atoms with Gasteiger partial charge in [-0.2, -0.15) is 0 Å². The topological polar surface area (TPSA) is 35.5 Å². The Kier molecular flexibility index (Phi) is 4.74. The van der Waals surface area contributed by atoms with Crippen molar-refractivity contribution >= 4 is 16.2 Å². The molecule has 2 unspecified atom stereocenters. The van der Waals surface area contributed by atoms with Crippen LogP contribution in [-0.2, 0) is 14.3 Å². The predicted molar refractivity (Wildman–Crippen MR) is 67.1 cm³/mol. The van der Waals surface area contributed by atoms with Crippen LogP contribution in [0.3, 0.4) is 0 Å². The van der Waals surface area contributed by atoms with Crippen molar-refractivity contribution in [1.29, 1.82) is 0 Å². The highest BCUT2D eigenvalue weighted by Crippen LogP contribution is 2.29. The maximum atomic E-state index is 11.5. The number of rotatable bonds is 4. The van der Waals surface area contributed by atoms with Crippen molar-refractivity contribution in [3.63, 3.8) is 0 Å². The van der Waals surface area contributed by atoms with Gasteiger partial charge in [-0.05, 0) is 39.5 Å². The second kappa shape index (κ2) is 5.64. The molecule has 1 heterocycles. The molecule has 0 spiro atoms. The van der Waals surface area contributed by atoms with Crippen LogP contribution in [0.2, 0.25) is 0 Å². The Bertz CT molecular complexity index is 269. The van der Waals surface area contributed by atoms with Gasteiger partial charge in [0.05, 0.1) is 5.22 Å². The van der Waals surface area contributed by atoms with E-state index in [1.54, 1.807) is 6.92 Å². The lowest BCUT2D eigenvalue weighted by atomic mass is 10.0. The summed E-state index contributed by atoms with van der Waals surface area (Å²) >= 11 is 0. The first-order chi connectivity index (χ1) is 7.49. The average Bonchev–Trinajstić information content (AvgIpc) is 2.26. The van der Waals surface area contributed by atoms with Gasteiger partial charge < -0.3 is 9.47 Å². The molecule has 0 amide bonds. The molecule has 0 aliphatic carbocycles. The number of hydrogen-bond acceptors (Lipinski definition) is 3. The second-order valence-corrected chi connectivity index (χ2v) is 6.27. The van der Waals surface area contributed by atoms with Gasteiger partial charge in [-0.15, -0.1) is 0 Å². The highest BCUT2D eigenvalue weighted by atomic mass is 28.1. The lowest BCUT2D eigenvalue weighted by molar-refractivity contribution is -0.161. The highest BCUT2D eigenvalue weighted by Gasteiger charge is 2.38. The smallest absolute Gasteiger partial charge is 0.333 e. The molecule has 1 aliphatic rings. The summed E-state index contributed by atoms with van der Waals surface area (Å²) in [6.45, 7) is 9.87. The molecule has 0 aromatic heterocycles. The Hall–Kier alpha value is -0.613. The summed E-state index contributed by atoms with van der Waals surface area (Å²) in [6, 6.07) is 0. The Balaban J connectivity index is 2.65. The van der Waals surface area contributed by atoms with E-state index in [1.807, 2.05) is 0 Å². The third-order valence-electron chi connectivity index (χ3n) is 3.04. The monoisotopic (exact) mass is 241 g/mol. The van der Waals surface area contributed by atoms with Crippen molar-refractivity contribution in [2.75, 3.05) is 6.61 Å². The minimum atomic E-state index is -0.335. The summed E-state index contributed by atoms with van der Waals surface area (Å²) in [4.78, 5) is 11.5. The van der Waals surface area contributed by atoms with E-state index in [9.17, 15) is 4.79 Å². The van der Waals surface area contributed by atoms with E-state index in [0.29, 0.717) is 12.0 Å². The zero-order chi connectivity index (χ0) is 12.2. The van der Waals surface area contributed by atoms with E-state index in [-0.39, 0.29) is 17.3 Å². The van der Waals surface area contributed by atoms with Gasteiger partial charge in [-0.3, -0.25) is 0 Å². The van der Waals surface area contributed by atoms with Crippen LogP contribution in [0.1, 0.15) is 32.6 Å². The first-order valence-electron chi connectivity index (χ1n) is 5.79. The fourth-order valence-electron chi connectivity index (χ4n) is 1.93. The first-order valence-corrected chi connectivity index (χ1v) is 6.79. The van der Waals surface area contributed by atoms with Gasteiger partial charge in [0.2, 0.25) is 0 Å². The van der Waals surface area contributed by atoms with Crippen LogP contribution < -0.4 is 0 Å². The molecular formula is C12H21O3Si. The molecule has 1 saturated heterocycles. The molecule has 1 radical (unpaired) electrons. The predicted octanol–water partition coefficient (Wildman–Crippen LogP) is 0.961. The lowest BCUT2D eigenvalue weighted by Gasteiger charge is -2.39. The van der Waals surface area contributed by atoms with Crippen LogP contribution >= 0.6 is 0 Å². The molecule has 0 bridgehead atoms. The van der Waals surface area contributed by atoms with Crippen LogP contribution in [0.4, 0.5) is 0 Å². The van der Waals surface area contributed by atoms with Gasteiger partial charge in [0.15, 0.2) is 0 Å². The van der Waals surface area contributed by atoms with Crippen molar-refractivity contribution in [2.45, 2.75) is 43.9 Å². The van der Waals surface area contributed by atoms with Crippen molar-refractivity contribution in [3.8, 4) is 0 Å². The fraction of sp³-hybridized carbons (Fsp3) is 0.667. The lowest BCUT2D eigenvalue weighted by Crippen LogP contribution is -2.49. The first kappa shape index (κ1) is 13.5. The molecule has 0 aromatic carbocycles. The van der Waals surface area contributed by atoms with Crippen molar-refractivity contribution in [1.82, 2.24) is 0 Å². The minimum Gasteiger partial charge on any atom is -0.456 e. The van der Waals surface area contributed by atoms with Gasteiger partial charge >= 0.3 is 5.97 Å². The Morgan fingerprint density at radius 1 is 1.62 bits per heavy atom. The third kappa shape index (κ3) is 3.19. The van der Waals surface area contributed by atoms with E-state index in [4.69, 9.17) is 9.47 Å². The summed E-state index contributed by atoms with van der Waals surface area (Å²) in [6.07, 6.45) is 3.56. The van der Waals surface area contributed by atoms with Crippen LogP contribution in [0.5, 0.6) is 0 Å². The standard InChI is InChI=1S/C12H21O3Si/c1-4-10(15-11(13)9(2)3)12(16)7-5-6-8-14-12/h10H,1-2,4-8H2,3,16H3. The molecule has 1 rings (SSSR count). The van der Waals surface area contributed by atoms with E-state index in [1.165, 1.54) is 0 Å². The van der Waals surface area contributed by atoms with Gasteiger partial charge in [0, 0.05) is 22.4 Å². The van der Waals surface area contributed by atoms with Crippen LogP contribution in [0.15, 0.2) is 12.2 Å². The normalized spacial score (nSPS) is 27.4. The van der Waals surface area contributed by atoms with Gasteiger partial charge in [0.1, 0.15) is 6.10 Å². The van der Waals surface area contributed by atoms with E-state index >= 15 is 0 Å². The quantitative estimate of drug-likeness (QED) is 0.418. The van der Waals surface area contributed by atoms with Gasteiger partial charge in [-0.1, -0.05) is 6.58 Å². The average molecular weight is 241 g/mol. The second-order valence-electron chi connectivity index (χ2n) is 4.58. The minimum absolute atomic E-state index is 0.219. The molecule has 0 saturated carbocycles. The third-order valence-corrected chi connectivity index (χ3v) is 4.47. The number of esters is 1. The molecule has 0 aromatic rings. The number of ether oxygens (including phenoxy) is 2. The Morgan fingerprint density at radius 2 is 2.31 bits per heavy atom. The molecule has 1 aliphatic heterocycles. The maximum absolute atomic E-state index is 11.5. The van der Waals surface area contributed by atoms with Crippen molar-refractivity contribution in [2.24, 2.45) is 0 Å². The van der Waals surface area contributed by atoms with Gasteiger partial charge in [-0.25, -0.2) is 4.79 Å². The largest absolute Gasteiger partial charge is 0.456 e. The Morgan fingerprint density at radius 3 is 2.75 bits per heavy atom. The summed E-state index contributed by atoms with van der Waals surface area (Å²) in [5, 5.41) is -0.245. The molecular weight excluding hydrogens is 220 g/mol. The Labute approximate surface area is 101 Å². The van der Waals surface area contributed by atoms with E-state index in [0.717, 1.165) is 36.1 Å².